The van der Waals surface area contributed by atoms with Gasteiger partial charge in [-0.05, 0) is 24.7 Å². The third-order valence-electron chi connectivity index (χ3n) is 2.93. The predicted molar refractivity (Wildman–Crippen MR) is 62.7 cm³/mol. The molecular weight excluding hydrogens is 228 g/mol. The molecule has 0 aromatic heterocycles. The van der Waals surface area contributed by atoms with Gasteiger partial charge in [-0.3, -0.25) is 4.79 Å². The SMILES string of the molecule is CC1(CNC(=O)C(N)CCS(C)(=O)=O)CC1. The zero-order valence-corrected chi connectivity index (χ0v) is 10.6. The molecule has 1 saturated carbocycles. The number of hydrogen-bond donors (Lipinski definition) is 2. The molecular formula is C10H20N2O3S. The molecule has 16 heavy (non-hydrogen) atoms. The molecule has 1 rings (SSSR count). The Hall–Kier alpha value is -0.620. The van der Waals surface area contributed by atoms with Crippen molar-refractivity contribution in [2.24, 2.45) is 11.1 Å². The maximum absolute atomic E-state index is 11.5. The van der Waals surface area contributed by atoms with Gasteiger partial charge in [-0.25, -0.2) is 8.42 Å². The van der Waals surface area contributed by atoms with E-state index in [2.05, 4.69) is 12.2 Å². The summed E-state index contributed by atoms with van der Waals surface area (Å²) in [4.78, 5) is 11.5. The highest BCUT2D eigenvalue weighted by Gasteiger charge is 2.37. The number of rotatable bonds is 6. The largest absolute Gasteiger partial charge is 0.354 e. The van der Waals surface area contributed by atoms with Gasteiger partial charge in [-0.1, -0.05) is 6.92 Å². The second-order valence-electron chi connectivity index (χ2n) is 5.05. The molecule has 0 spiro atoms. The van der Waals surface area contributed by atoms with Crippen molar-refractivity contribution in [3.63, 3.8) is 0 Å². The third kappa shape index (κ3) is 4.94. The smallest absolute Gasteiger partial charge is 0.236 e. The first kappa shape index (κ1) is 13.4. The van der Waals surface area contributed by atoms with E-state index in [1.54, 1.807) is 0 Å². The number of nitrogens with two attached hydrogens (primary N) is 1. The molecule has 0 bridgehead atoms. The van der Waals surface area contributed by atoms with Crippen molar-refractivity contribution in [2.75, 3.05) is 18.6 Å². The molecule has 6 heteroatoms. The van der Waals surface area contributed by atoms with Crippen molar-refractivity contribution in [3.8, 4) is 0 Å². The fourth-order valence-corrected chi connectivity index (χ4v) is 1.98. The minimum atomic E-state index is -3.04. The number of sulfone groups is 1. The van der Waals surface area contributed by atoms with Gasteiger partial charge in [-0.2, -0.15) is 0 Å². The first-order chi connectivity index (χ1) is 7.22. The van der Waals surface area contributed by atoms with Gasteiger partial charge in [0.15, 0.2) is 0 Å². The molecule has 0 aromatic carbocycles. The molecule has 0 radical (unpaired) electrons. The normalized spacial score (nSPS) is 20.2. The quantitative estimate of drug-likeness (QED) is 0.673. The summed E-state index contributed by atoms with van der Waals surface area (Å²) < 4.78 is 21.8. The van der Waals surface area contributed by atoms with Crippen LogP contribution in [0.3, 0.4) is 0 Å². The van der Waals surface area contributed by atoms with Crippen LogP contribution in [0.2, 0.25) is 0 Å². The molecule has 0 aliphatic heterocycles. The van der Waals surface area contributed by atoms with Crippen molar-refractivity contribution in [1.82, 2.24) is 5.32 Å². The van der Waals surface area contributed by atoms with Crippen LogP contribution in [-0.2, 0) is 14.6 Å². The highest BCUT2D eigenvalue weighted by atomic mass is 32.2. The average molecular weight is 248 g/mol. The average Bonchev–Trinajstić information content (AvgIpc) is 2.89. The molecule has 94 valence electrons. The molecule has 1 amide bonds. The van der Waals surface area contributed by atoms with E-state index < -0.39 is 15.9 Å². The third-order valence-corrected chi connectivity index (χ3v) is 3.91. The second-order valence-corrected chi connectivity index (χ2v) is 7.31. The van der Waals surface area contributed by atoms with Crippen molar-refractivity contribution in [1.29, 1.82) is 0 Å². The van der Waals surface area contributed by atoms with Gasteiger partial charge >= 0.3 is 0 Å². The number of amides is 1. The van der Waals surface area contributed by atoms with Gasteiger partial charge in [0.1, 0.15) is 9.84 Å². The molecule has 0 saturated heterocycles. The molecule has 3 N–H and O–H groups in total. The van der Waals surface area contributed by atoms with E-state index in [-0.39, 0.29) is 23.5 Å². The Labute approximate surface area is 96.7 Å². The number of carbonyl (C=O) groups is 1. The molecule has 0 aromatic rings. The lowest BCUT2D eigenvalue weighted by Crippen LogP contribution is -2.43. The Morgan fingerprint density at radius 3 is 2.50 bits per heavy atom. The Morgan fingerprint density at radius 2 is 2.06 bits per heavy atom. The van der Waals surface area contributed by atoms with E-state index in [4.69, 9.17) is 5.73 Å². The molecule has 1 fully saturated rings. The number of carbonyl (C=O) groups excluding carboxylic acids is 1. The maximum atomic E-state index is 11.5. The monoisotopic (exact) mass is 248 g/mol. The van der Waals surface area contributed by atoms with Gasteiger partial charge in [0, 0.05) is 12.8 Å². The molecule has 1 aliphatic carbocycles. The summed E-state index contributed by atoms with van der Waals surface area (Å²) in [6, 6.07) is -0.725. The van der Waals surface area contributed by atoms with E-state index >= 15 is 0 Å². The Morgan fingerprint density at radius 1 is 1.50 bits per heavy atom. The van der Waals surface area contributed by atoms with Crippen molar-refractivity contribution in [3.05, 3.63) is 0 Å². The number of hydrogen-bond acceptors (Lipinski definition) is 4. The van der Waals surface area contributed by atoms with E-state index in [0.717, 1.165) is 19.1 Å². The van der Waals surface area contributed by atoms with Crippen LogP contribution in [0.4, 0.5) is 0 Å². The summed E-state index contributed by atoms with van der Waals surface area (Å²) in [6.45, 7) is 2.74. The maximum Gasteiger partial charge on any atom is 0.236 e. The highest BCUT2D eigenvalue weighted by molar-refractivity contribution is 7.90. The zero-order chi connectivity index (χ0) is 12.4. The second kappa shape index (κ2) is 4.71. The lowest BCUT2D eigenvalue weighted by Gasteiger charge is -2.14. The van der Waals surface area contributed by atoms with Gasteiger partial charge in [0.2, 0.25) is 5.91 Å². The number of nitrogens with one attached hydrogen (secondary N) is 1. The summed E-state index contributed by atoms with van der Waals surface area (Å²) in [5, 5.41) is 2.76. The first-order valence-corrected chi connectivity index (χ1v) is 7.49. The summed E-state index contributed by atoms with van der Waals surface area (Å²) in [7, 11) is -3.04. The minimum absolute atomic E-state index is 0.0428. The first-order valence-electron chi connectivity index (χ1n) is 5.43. The summed E-state index contributed by atoms with van der Waals surface area (Å²) in [5.41, 5.74) is 5.84. The summed E-state index contributed by atoms with van der Waals surface area (Å²) >= 11 is 0. The van der Waals surface area contributed by atoms with E-state index in [9.17, 15) is 13.2 Å². The van der Waals surface area contributed by atoms with Crippen LogP contribution in [0, 0.1) is 5.41 Å². The van der Waals surface area contributed by atoms with E-state index in [1.807, 2.05) is 0 Å². The Bertz CT molecular complexity index is 360. The van der Waals surface area contributed by atoms with Gasteiger partial charge in [0.25, 0.3) is 0 Å². The van der Waals surface area contributed by atoms with E-state index in [1.165, 1.54) is 0 Å². The summed E-state index contributed by atoms with van der Waals surface area (Å²) in [6.07, 6.45) is 3.59. The minimum Gasteiger partial charge on any atom is -0.354 e. The fourth-order valence-electron chi connectivity index (χ4n) is 1.29. The van der Waals surface area contributed by atoms with Crippen LogP contribution in [-0.4, -0.2) is 38.9 Å². The molecule has 1 unspecified atom stereocenters. The van der Waals surface area contributed by atoms with Crippen LogP contribution < -0.4 is 11.1 Å². The molecule has 5 nitrogen and oxygen atoms in total. The van der Waals surface area contributed by atoms with Crippen LogP contribution in [0.5, 0.6) is 0 Å². The van der Waals surface area contributed by atoms with Crippen LogP contribution in [0.25, 0.3) is 0 Å². The predicted octanol–water partition coefficient (Wildman–Crippen LogP) is -0.335. The van der Waals surface area contributed by atoms with Crippen molar-refractivity contribution in [2.45, 2.75) is 32.2 Å². The lowest BCUT2D eigenvalue weighted by atomic mass is 10.1. The zero-order valence-electron chi connectivity index (χ0n) is 9.82. The van der Waals surface area contributed by atoms with Crippen LogP contribution in [0.1, 0.15) is 26.2 Å². The Balaban J connectivity index is 2.25. The lowest BCUT2D eigenvalue weighted by molar-refractivity contribution is -0.122. The van der Waals surface area contributed by atoms with E-state index in [0.29, 0.717) is 6.54 Å². The molecule has 1 atom stereocenters. The summed E-state index contributed by atoms with van der Waals surface area (Å²) in [5.74, 6) is -0.296. The molecule has 0 heterocycles. The van der Waals surface area contributed by atoms with Crippen LogP contribution >= 0.6 is 0 Å². The molecule has 1 aliphatic rings. The van der Waals surface area contributed by atoms with Gasteiger partial charge < -0.3 is 11.1 Å². The fraction of sp³-hybridized carbons (Fsp3) is 0.900. The van der Waals surface area contributed by atoms with Crippen molar-refractivity contribution < 1.29 is 13.2 Å². The van der Waals surface area contributed by atoms with Gasteiger partial charge in [-0.15, -0.1) is 0 Å². The van der Waals surface area contributed by atoms with Gasteiger partial charge in [0.05, 0.1) is 11.8 Å². The Kier molecular flexibility index (Phi) is 3.96. The highest BCUT2D eigenvalue weighted by Crippen LogP contribution is 2.43. The van der Waals surface area contributed by atoms with Crippen LogP contribution in [0.15, 0.2) is 0 Å². The standard InChI is InChI=1S/C10H20N2O3S/c1-10(4-5-10)7-12-9(13)8(11)3-6-16(2,14)15/h8H,3-7,11H2,1-2H3,(H,12,13). The topological polar surface area (TPSA) is 89.3 Å². The van der Waals surface area contributed by atoms with Crippen molar-refractivity contribution >= 4 is 15.7 Å².